The maximum absolute atomic E-state index is 10.6. The molecule has 0 unspecified atom stereocenters. The molecule has 1 aliphatic heterocycles. The number of aliphatic hydroxyl groups is 1. The van der Waals surface area contributed by atoms with Gasteiger partial charge in [-0.2, -0.15) is 0 Å². The molecular weight excluding hydrogens is 273 g/mol. The van der Waals surface area contributed by atoms with Crippen molar-refractivity contribution in [2.75, 3.05) is 0 Å². The molecule has 3 nitrogen and oxygen atoms in total. The molecule has 0 saturated carbocycles. The van der Waals surface area contributed by atoms with E-state index in [1.807, 2.05) is 49.4 Å². The second-order valence-electron chi connectivity index (χ2n) is 5.17. The fourth-order valence-corrected chi connectivity index (χ4v) is 2.50. The Morgan fingerprint density at radius 3 is 2.45 bits per heavy atom. The van der Waals surface area contributed by atoms with Crippen LogP contribution in [0.4, 0.5) is 0 Å². The second kappa shape index (κ2) is 5.64. The summed E-state index contributed by atoms with van der Waals surface area (Å²) in [5.74, 6) is 0.603. The van der Waals surface area contributed by atoms with Crippen LogP contribution in [0.1, 0.15) is 23.7 Å². The fraction of sp³-hybridized carbons (Fsp3) is 0.111. The summed E-state index contributed by atoms with van der Waals surface area (Å²) in [6, 6.07) is 13.2. The number of allylic oxidation sites excluding steroid dienone is 1. The molecule has 3 rings (SSSR count). The summed E-state index contributed by atoms with van der Waals surface area (Å²) in [5.41, 5.74) is 3.83. The molecule has 1 N–H and O–H groups in total. The van der Waals surface area contributed by atoms with Crippen molar-refractivity contribution in [2.45, 2.75) is 13.8 Å². The average Bonchev–Trinajstić information content (AvgIpc) is 2.53. The van der Waals surface area contributed by atoms with Gasteiger partial charge in [-0.1, -0.05) is 0 Å². The monoisotopic (exact) mass is 288 g/mol. The molecule has 0 saturated heterocycles. The van der Waals surface area contributed by atoms with Gasteiger partial charge in [-0.25, -0.2) is 0 Å². The van der Waals surface area contributed by atoms with Crippen molar-refractivity contribution < 1.29 is 9.84 Å². The van der Waals surface area contributed by atoms with E-state index in [0.29, 0.717) is 22.6 Å². The number of aryl methyl sites for hydroxylation is 1. The van der Waals surface area contributed by atoms with Gasteiger partial charge in [-0.3, -0.25) is 0 Å². The molecule has 0 spiro atoms. The van der Waals surface area contributed by atoms with E-state index < -0.39 is 0 Å². The van der Waals surface area contributed by atoms with Gasteiger partial charge in [0.25, 0.3) is 0 Å². The topological polar surface area (TPSA) is 42.4 Å². The van der Waals surface area contributed by atoms with Crippen LogP contribution in [0.5, 0.6) is 0 Å². The van der Waals surface area contributed by atoms with Crippen molar-refractivity contribution in [1.29, 1.82) is 0 Å². The van der Waals surface area contributed by atoms with Gasteiger partial charge in [0.2, 0.25) is 0 Å². The number of aliphatic hydroxyl groups excluding tert-OH is 1. The van der Waals surface area contributed by atoms with Crippen LogP contribution in [0.25, 0.3) is 11.3 Å². The average molecular weight is 288 g/mol. The predicted octanol–water partition coefficient (Wildman–Crippen LogP) is 3.42. The van der Waals surface area contributed by atoms with E-state index in [4.69, 9.17) is 12.2 Å². The molecule has 1 radical (unpaired) electrons. The molecule has 1 aromatic heterocycles. The van der Waals surface area contributed by atoms with Crippen LogP contribution < -0.4 is 0 Å². The first-order valence-electron chi connectivity index (χ1n) is 7.02. The summed E-state index contributed by atoms with van der Waals surface area (Å²) in [4.78, 5) is 4.25. The van der Waals surface area contributed by atoms with Crippen molar-refractivity contribution in [3.8, 4) is 0 Å². The zero-order valence-corrected chi connectivity index (χ0v) is 12.5. The standard InChI is InChI=1S/C18H15BNO2/c1-11-7-3-4-8-13(11)15-16(21)12(2)17(22-18(15)19)14-9-5-6-10-20-14/h3-10,21H,1-2H3. The number of pyridine rings is 1. The van der Waals surface area contributed by atoms with Gasteiger partial charge in [0.1, 0.15) is 0 Å². The SMILES string of the molecule is [B]=C1OC(c2ccccn2)=C(C)C(O)=C1c1ccccc1C. The molecule has 1 aromatic carbocycles. The van der Waals surface area contributed by atoms with Gasteiger partial charge in [0, 0.05) is 0 Å². The van der Waals surface area contributed by atoms with E-state index in [2.05, 4.69) is 4.98 Å². The summed E-state index contributed by atoms with van der Waals surface area (Å²) < 4.78 is 5.77. The third kappa shape index (κ3) is 2.37. The minimum atomic E-state index is 0.124. The maximum atomic E-state index is 10.6. The molecule has 1 aliphatic rings. The van der Waals surface area contributed by atoms with E-state index in [9.17, 15) is 5.11 Å². The summed E-state index contributed by atoms with van der Waals surface area (Å²) in [7, 11) is 6.07. The van der Waals surface area contributed by atoms with E-state index >= 15 is 0 Å². The number of ether oxygens (including phenoxy) is 1. The molecular formula is C18H15BNO2. The van der Waals surface area contributed by atoms with Crippen LogP contribution in [0.3, 0.4) is 0 Å². The molecule has 0 atom stereocenters. The summed E-state index contributed by atoms with van der Waals surface area (Å²) >= 11 is 0. The van der Waals surface area contributed by atoms with Crippen molar-refractivity contribution >= 4 is 24.5 Å². The van der Waals surface area contributed by atoms with Crippen LogP contribution >= 0.6 is 0 Å². The van der Waals surface area contributed by atoms with Gasteiger partial charge >= 0.3 is 130 Å². The Morgan fingerprint density at radius 1 is 1.05 bits per heavy atom. The third-order valence-corrected chi connectivity index (χ3v) is 3.70. The van der Waals surface area contributed by atoms with Crippen molar-refractivity contribution in [3.05, 3.63) is 76.8 Å². The van der Waals surface area contributed by atoms with Crippen LogP contribution in [0, 0.1) is 6.92 Å². The van der Waals surface area contributed by atoms with Gasteiger partial charge in [0.15, 0.2) is 0 Å². The molecule has 107 valence electrons. The molecule has 2 aromatic rings. The van der Waals surface area contributed by atoms with Crippen molar-refractivity contribution in [1.82, 2.24) is 4.98 Å². The van der Waals surface area contributed by atoms with E-state index in [0.717, 1.165) is 11.1 Å². The Hall–Kier alpha value is -2.62. The van der Waals surface area contributed by atoms with Crippen LogP contribution in [-0.2, 0) is 4.74 Å². The number of nitrogens with zero attached hydrogens (tertiary/aromatic N) is 1. The first kappa shape index (κ1) is 14.3. The fourth-order valence-electron chi connectivity index (χ4n) is 2.50. The Bertz CT molecular complexity index is 807. The molecule has 2 heterocycles. The summed E-state index contributed by atoms with van der Waals surface area (Å²) in [6.07, 6.45) is 1.67. The Kier molecular flexibility index (Phi) is 3.67. The zero-order valence-electron chi connectivity index (χ0n) is 12.5. The number of hydrogen-bond donors (Lipinski definition) is 1. The number of benzene rings is 1. The predicted molar refractivity (Wildman–Crippen MR) is 89.4 cm³/mol. The van der Waals surface area contributed by atoms with Gasteiger partial charge in [-0.05, 0) is 0 Å². The Labute approximate surface area is 130 Å². The molecule has 0 bridgehead atoms. The zero-order chi connectivity index (χ0) is 15.7. The van der Waals surface area contributed by atoms with Crippen LogP contribution in [0.2, 0.25) is 0 Å². The normalized spacial score (nSPS) is 15.0. The van der Waals surface area contributed by atoms with Crippen molar-refractivity contribution in [2.24, 2.45) is 0 Å². The van der Waals surface area contributed by atoms with Crippen molar-refractivity contribution in [3.63, 3.8) is 0 Å². The number of rotatable bonds is 2. The summed E-state index contributed by atoms with van der Waals surface area (Å²) in [5, 5.41) is 10.6. The van der Waals surface area contributed by atoms with E-state index in [1.165, 1.54) is 0 Å². The van der Waals surface area contributed by atoms with Crippen LogP contribution in [-0.4, -0.2) is 23.2 Å². The van der Waals surface area contributed by atoms with E-state index in [-0.39, 0.29) is 11.4 Å². The molecule has 0 fully saturated rings. The Balaban J connectivity index is 2.18. The van der Waals surface area contributed by atoms with Gasteiger partial charge in [-0.15, -0.1) is 0 Å². The van der Waals surface area contributed by atoms with E-state index in [1.54, 1.807) is 13.1 Å². The number of aromatic nitrogens is 1. The number of hydrogen-bond acceptors (Lipinski definition) is 3. The van der Waals surface area contributed by atoms with Crippen LogP contribution in [0.15, 0.2) is 60.0 Å². The van der Waals surface area contributed by atoms with Gasteiger partial charge in [0.05, 0.1) is 0 Å². The molecule has 0 aliphatic carbocycles. The molecule has 4 heteroatoms. The summed E-state index contributed by atoms with van der Waals surface area (Å²) in [6.45, 7) is 3.76. The minimum absolute atomic E-state index is 0.124. The molecule has 22 heavy (non-hydrogen) atoms. The Morgan fingerprint density at radius 2 is 1.77 bits per heavy atom. The second-order valence-corrected chi connectivity index (χ2v) is 5.17. The van der Waals surface area contributed by atoms with Gasteiger partial charge < -0.3 is 0 Å². The molecule has 0 amide bonds. The quantitative estimate of drug-likeness (QED) is 0.861. The third-order valence-electron chi connectivity index (χ3n) is 3.70. The first-order chi connectivity index (χ1) is 10.6. The first-order valence-corrected chi connectivity index (χ1v) is 7.02.